The summed E-state index contributed by atoms with van der Waals surface area (Å²) in [5, 5.41) is 17.4. The second-order valence-corrected chi connectivity index (χ2v) is 2.54. The highest BCUT2D eigenvalue weighted by molar-refractivity contribution is 5.75. The van der Waals surface area contributed by atoms with Crippen LogP contribution in [-0.2, 0) is 11.3 Å². The van der Waals surface area contributed by atoms with E-state index in [1.807, 2.05) is 0 Å². The van der Waals surface area contributed by atoms with Gasteiger partial charge in [0.15, 0.2) is 0 Å². The lowest BCUT2D eigenvalue weighted by molar-refractivity contribution is -0.121. The summed E-state index contributed by atoms with van der Waals surface area (Å²) in [6.45, 7) is 0.389. The molecule has 0 spiro atoms. The number of aromatic nitrogens is 3. The van der Waals surface area contributed by atoms with Gasteiger partial charge in [-0.25, -0.2) is 4.98 Å². The lowest BCUT2D eigenvalue weighted by Crippen LogP contribution is -2.23. The number of nitrogens with zero attached hydrogens (tertiary/aromatic N) is 2. The Morgan fingerprint density at radius 1 is 1.69 bits per heavy atom. The molecular formula is C7H12N4O2. The number of carbonyl (C=O) groups excluding carboxylic acids is 1. The Bertz CT molecular complexity index is 247. The molecular weight excluding hydrogens is 172 g/mol. The first kappa shape index (κ1) is 9.66. The van der Waals surface area contributed by atoms with E-state index in [0.29, 0.717) is 25.2 Å². The van der Waals surface area contributed by atoms with Crippen molar-refractivity contribution in [3.8, 4) is 0 Å². The molecule has 0 fully saturated rings. The molecule has 0 unspecified atom stereocenters. The van der Waals surface area contributed by atoms with E-state index in [4.69, 9.17) is 5.11 Å². The van der Waals surface area contributed by atoms with E-state index < -0.39 is 0 Å². The van der Waals surface area contributed by atoms with Crippen LogP contribution in [0.2, 0.25) is 0 Å². The predicted octanol–water partition coefficient (Wildman–Crippen LogP) is -0.807. The molecule has 0 aliphatic rings. The molecule has 0 atom stereocenters. The van der Waals surface area contributed by atoms with Crippen LogP contribution < -0.4 is 5.32 Å². The van der Waals surface area contributed by atoms with Crippen LogP contribution in [0.4, 0.5) is 0 Å². The molecule has 0 aliphatic carbocycles. The van der Waals surface area contributed by atoms with E-state index in [1.54, 1.807) is 0 Å². The minimum Gasteiger partial charge on any atom is -0.396 e. The van der Waals surface area contributed by atoms with Crippen molar-refractivity contribution in [2.75, 3.05) is 6.61 Å². The third kappa shape index (κ3) is 3.66. The largest absolute Gasteiger partial charge is 0.396 e. The van der Waals surface area contributed by atoms with Gasteiger partial charge >= 0.3 is 0 Å². The molecule has 1 aromatic heterocycles. The third-order valence-corrected chi connectivity index (χ3v) is 1.48. The van der Waals surface area contributed by atoms with E-state index in [1.165, 1.54) is 6.33 Å². The maximum Gasteiger partial charge on any atom is 0.220 e. The van der Waals surface area contributed by atoms with Gasteiger partial charge in [-0.3, -0.25) is 9.89 Å². The van der Waals surface area contributed by atoms with Gasteiger partial charge in [0, 0.05) is 13.0 Å². The topological polar surface area (TPSA) is 90.9 Å². The van der Waals surface area contributed by atoms with Crippen molar-refractivity contribution < 1.29 is 9.90 Å². The highest BCUT2D eigenvalue weighted by Gasteiger charge is 2.01. The zero-order valence-electron chi connectivity index (χ0n) is 7.16. The standard InChI is InChI=1S/C7H12N4O2/c12-3-1-2-7(13)8-4-6-9-5-10-11-6/h5,12H,1-4H2,(H,8,13)(H,9,10,11). The summed E-state index contributed by atoms with van der Waals surface area (Å²) in [5.74, 6) is 0.530. The Labute approximate surface area is 75.4 Å². The molecule has 0 saturated carbocycles. The van der Waals surface area contributed by atoms with Crippen molar-refractivity contribution in [1.29, 1.82) is 0 Å². The maximum absolute atomic E-state index is 11.0. The molecule has 0 aromatic carbocycles. The van der Waals surface area contributed by atoms with Gasteiger partial charge in [0.2, 0.25) is 5.91 Å². The molecule has 3 N–H and O–H groups in total. The smallest absolute Gasteiger partial charge is 0.220 e. The SMILES string of the molecule is O=C(CCCO)NCc1ncn[nH]1. The number of amides is 1. The fourth-order valence-corrected chi connectivity index (χ4v) is 0.826. The predicted molar refractivity (Wildman–Crippen MR) is 44.5 cm³/mol. The summed E-state index contributed by atoms with van der Waals surface area (Å²) in [6, 6.07) is 0. The molecule has 1 rings (SSSR count). The quantitative estimate of drug-likeness (QED) is 0.558. The first-order chi connectivity index (χ1) is 6.33. The summed E-state index contributed by atoms with van der Waals surface area (Å²) in [4.78, 5) is 14.9. The number of aliphatic hydroxyl groups is 1. The van der Waals surface area contributed by atoms with Crippen LogP contribution >= 0.6 is 0 Å². The molecule has 13 heavy (non-hydrogen) atoms. The van der Waals surface area contributed by atoms with Crippen molar-refractivity contribution in [3.05, 3.63) is 12.2 Å². The third-order valence-electron chi connectivity index (χ3n) is 1.48. The molecule has 1 amide bonds. The Kier molecular flexibility index (Phi) is 3.90. The molecule has 1 heterocycles. The molecule has 72 valence electrons. The summed E-state index contributed by atoms with van der Waals surface area (Å²) in [6.07, 6.45) is 2.21. The molecule has 6 nitrogen and oxygen atoms in total. The van der Waals surface area contributed by atoms with E-state index in [-0.39, 0.29) is 12.5 Å². The number of hydrogen-bond acceptors (Lipinski definition) is 4. The Balaban J connectivity index is 2.15. The van der Waals surface area contributed by atoms with Gasteiger partial charge in [-0.15, -0.1) is 0 Å². The number of aliphatic hydroxyl groups excluding tert-OH is 1. The molecule has 0 saturated heterocycles. The normalized spacial score (nSPS) is 9.92. The summed E-state index contributed by atoms with van der Waals surface area (Å²) >= 11 is 0. The lowest BCUT2D eigenvalue weighted by atomic mass is 10.3. The van der Waals surface area contributed by atoms with Crippen LogP contribution in [-0.4, -0.2) is 32.8 Å². The van der Waals surface area contributed by atoms with Gasteiger partial charge in [0.05, 0.1) is 6.54 Å². The first-order valence-corrected chi connectivity index (χ1v) is 4.04. The van der Waals surface area contributed by atoms with Crippen molar-refractivity contribution in [1.82, 2.24) is 20.5 Å². The van der Waals surface area contributed by atoms with Crippen LogP contribution in [0.5, 0.6) is 0 Å². The van der Waals surface area contributed by atoms with Crippen LogP contribution in [0.3, 0.4) is 0 Å². The van der Waals surface area contributed by atoms with Crippen LogP contribution in [0.15, 0.2) is 6.33 Å². The second kappa shape index (κ2) is 5.26. The summed E-state index contributed by atoms with van der Waals surface area (Å²) < 4.78 is 0. The highest BCUT2D eigenvalue weighted by Crippen LogP contribution is 1.89. The summed E-state index contributed by atoms with van der Waals surface area (Å²) in [7, 11) is 0. The Morgan fingerprint density at radius 2 is 2.54 bits per heavy atom. The zero-order chi connectivity index (χ0) is 9.52. The molecule has 1 aromatic rings. The Morgan fingerprint density at radius 3 is 3.15 bits per heavy atom. The van der Waals surface area contributed by atoms with Crippen molar-refractivity contribution in [3.63, 3.8) is 0 Å². The van der Waals surface area contributed by atoms with E-state index >= 15 is 0 Å². The minimum absolute atomic E-state index is 0.0374. The van der Waals surface area contributed by atoms with Crippen LogP contribution in [0, 0.1) is 0 Å². The van der Waals surface area contributed by atoms with Gasteiger partial charge in [-0.2, -0.15) is 5.10 Å². The average Bonchev–Trinajstić information content (AvgIpc) is 2.64. The first-order valence-electron chi connectivity index (χ1n) is 4.04. The molecule has 0 radical (unpaired) electrons. The van der Waals surface area contributed by atoms with Crippen molar-refractivity contribution in [2.24, 2.45) is 0 Å². The monoisotopic (exact) mass is 184 g/mol. The highest BCUT2D eigenvalue weighted by atomic mass is 16.3. The van der Waals surface area contributed by atoms with E-state index in [2.05, 4.69) is 20.5 Å². The summed E-state index contributed by atoms with van der Waals surface area (Å²) in [5.41, 5.74) is 0. The molecule has 0 bridgehead atoms. The maximum atomic E-state index is 11.0. The Hall–Kier alpha value is -1.43. The van der Waals surface area contributed by atoms with Gasteiger partial charge in [-0.05, 0) is 6.42 Å². The molecule has 6 heteroatoms. The fourth-order valence-electron chi connectivity index (χ4n) is 0.826. The van der Waals surface area contributed by atoms with Crippen LogP contribution in [0.1, 0.15) is 18.7 Å². The van der Waals surface area contributed by atoms with Crippen LogP contribution in [0.25, 0.3) is 0 Å². The van der Waals surface area contributed by atoms with Gasteiger partial charge in [-0.1, -0.05) is 0 Å². The fraction of sp³-hybridized carbons (Fsp3) is 0.571. The van der Waals surface area contributed by atoms with Gasteiger partial charge < -0.3 is 10.4 Å². The second-order valence-electron chi connectivity index (χ2n) is 2.54. The number of nitrogens with one attached hydrogen (secondary N) is 2. The van der Waals surface area contributed by atoms with E-state index in [0.717, 1.165) is 0 Å². The number of aromatic amines is 1. The van der Waals surface area contributed by atoms with Gasteiger partial charge in [0.1, 0.15) is 12.2 Å². The lowest BCUT2D eigenvalue weighted by Gasteiger charge is -2.00. The number of carbonyl (C=O) groups is 1. The van der Waals surface area contributed by atoms with E-state index in [9.17, 15) is 4.79 Å². The number of hydrogen-bond donors (Lipinski definition) is 3. The minimum atomic E-state index is -0.0922. The zero-order valence-corrected chi connectivity index (χ0v) is 7.16. The number of H-pyrrole nitrogens is 1. The molecule has 0 aliphatic heterocycles. The van der Waals surface area contributed by atoms with Crippen molar-refractivity contribution in [2.45, 2.75) is 19.4 Å². The number of rotatable bonds is 5. The van der Waals surface area contributed by atoms with Crippen molar-refractivity contribution >= 4 is 5.91 Å². The van der Waals surface area contributed by atoms with Gasteiger partial charge in [0.25, 0.3) is 0 Å². The average molecular weight is 184 g/mol.